The first-order valence-corrected chi connectivity index (χ1v) is 11.0. The fourth-order valence-electron chi connectivity index (χ4n) is 3.75. The maximum Gasteiger partial charge on any atom is 0.142 e. The Morgan fingerprint density at radius 2 is 1.83 bits per heavy atom. The van der Waals surface area contributed by atoms with Crippen LogP contribution in [0, 0.1) is 0 Å². The molecule has 1 aliphatic heterocycles. The van der Waals surface area contributed by atoms with Crippen LogP contribution in [0.25, 0.3) is 10.6 Å². The van der Waals surface area contributed by atoms with Crippen molar-refractivity contribution in [1.29, 1.82) is 0 Å². The molecule has 0 saturated carbocycles. The second kappa shape index (κ2) is 9.29. The largest absolute Gasteiger partial charge is 0.497 e. The van der Waals surface area contributed by atoms with Gasteiger partial charge in [-0.1, -0.05) is 12.1 Å². The molecule has 1 aromatic heterocycles. The van der Waals surface area contributed by atoms with Crippen molar-refractivity contribution >= 4 is 17.0 Å². The molecule has 0 amide bonds. The first kappa shape index (κ1) is 19.7. The van der Waals surface area contributed by atoms with E-state index < -0.39 is 0 Å². The number of thiazole rings is 1. The lowest BCUT2D eigenvalue weighted by Gasteiger charge is -2.34. The van der Waals surface area contributed by atoms with Crippen LogP contribution in [-0.4, -0.2) is 44.9 Å². The van der Waals surface area contributed by atoms with Gasteiger partial charge in [0, 0.05) is 10.9 Å². The summed E-state index contributed by atoms with van der Waals surface area (Å²) < 4.78 is 11.0. The molecule has 1 aliphatic rings. The molecule has 0 bridgehead atoms. The predicted molar refractivity (Wildman–Crippen MR) is 118 cm³/mol. The van der Waals surface area contributed by atoms with Crippen LogP contribution in [-0.2, 0) is 6.54 Å². The number of methoxy groups -OCH3 is 1. The van der Waals surface area contributed by atoms with Gasteiger partial charge in [0.1, 0.15) is 28.7 Å². The third-order valence-corrected chi connectivity index (χ3v) is 6.24. The van der Waals surface area contributed by atoms with Gasteiger partial charge in [-0.05, 0) is 43.3 Å². The Kier molecular flexibility index (Phi) is 6.32. The third-order valence-electron chi connectivity index (χ3n) is 5.30. The highest BCUT2D eigenvalue weighted by Crippen LogP contribution is 2.28. The van der Waals surface area contributed by atoms with Crippen molar-refractivity contribution in [3.05, 3.63) is 59.6 Å². The molecule has 29 heavy (non-hydrogen) atoms. The number of para-hydroxylation sites is 2. The van der Waals surface area contributed by atoms with Crippen molar-refractivity contribution < 1.29 is 14.4 Å². The van der Waals surface area contributed by atoms with Gasteiger partial charge in [-0.2, -0.15) is 0 Å². The van der Waals surface area contributed by atoms with Gasteiger partial charge in [-0.3, -0.25) is 0 Å². The summed E-state index contributed by atoms with van der Waals surface area (Å²) in [5.41, 5.74) is 3.54. The number of piperazine rings is 1. The molecule has 5 nitrogen and oxygen atoms in total. The first-order chi connectivity index (χ1) is 14.3. The van der Waals surface area contributed by atoms with Gasteiger partial charge in [-0.25, -0.2) is 4.98 Å². The van der Waals surface area contributed by atoms with Crippen LogP contribution in [0.5, 0.6) is 11.5 Å². The van der Waals surface area contributed by atoms with E-state index >= 15 is 0 Å². The molecule has 152 valence electrons. The van der Waals surface area contributed by atoms with Gasteiger partial charge < -0.3 is 19.3 Å². The lowest BCUT2D eigenvalue weighted by molar-refractivity contribution is -0.914. The minimum absolute atomic E-state index is 0.697. The number of rotatable bonds is 7. The Bertz CT molecular complexity index is 918. The summed E-state index contributed by atoms with van der Waals surface area (Å²) in [5, 5.41) is 3.27. The number of aromatic nitrogens is 1. The van der Waals surface area contributed by atoms with Crippen LogP contribution in [0.2, 0.25) is 0 Å². The van der Waals surface area contributed by atoms with Crippen LogP contribution in [0.1, 0.15) is 12.6 Å². The summed E-state index contributed by atoms with van der Waals surface area (Å²) in [4.78, 5) is 8.90. The number of nitrogens with one attached hydrogen (secondary N) is 1. The minimum Gasteiger partial charge on any atom is -0.497 e. The average Bonchev–Trinajstić information content (AvgIpc) is 3.23. The summed E-state index contributed by atoms with van der Waals surface area (Å²) in [6.45, 7) is 8.00. The topological polar surface area (TPSA) is 39.0 Å². The van der Waals surface area contributed by atoms with E-state index in [9.17, 15) is 0 Å². The van der Waals surface area contributed by atoms with Crippen LogP contribution in [0.15, 0.2) is 53.9 Å². The van der Waals surface area contributed by atoms with E-state index in [-0.39, 0.29) is 0 Å². The molecule has 2 heterocycles. The van der Waals surface area contributed by atoms with Crippen molar-refractivity contribution in [3.8, 4) is 22.1 Å². The van der Waals surface area contributed by atoms with Gasteiger partial charge in [0.2, 0.25) is 0 Å². The van der Waals surface area contributed by atoms with Gasteiger partial charge in [0.15, 0.2) is 0 Å². The summed E-state index contributed by atoms with van der Waals surface area (Å²) in [6, 6.07) is 16.5. The molecule has 0 atom stereocenters. The smallest absolute Gasteiger partial charge is 0.142 e. The SMILES string of the molecule is CCOc1ccccc1N1CC[NH+](Cc2csc(-c3ccc(OC)cc3)n2)CC1. The molecule has 6 heteroatoms. The number of hydrogen-bond acceptors (Lipinski definition) is 5. The van der Waals surface area contributed by atoms with E-state index in [4.69, 9.17) is 14.5 Å². The Morgan fingerprint density at radius 1 is 1.07 bits per heavy atom. The zero-order valence-electron chi connectivity index (χ0n) is 17.1. The van der Waals surface area contributed by atoms with Crippen LogP contribution < -0.4 is 19.3 Å². The van der Waals surface area contributed by atoms with E-state index in [2.05, 4.69) is 40.6 Å². The lowest BCUT2D eigenvalue weighted by Crippen LogP contribution is -3.13. The molecular weight excluding hydrogens is 382 g/mol. The van der Waals surface area contributed by atoms with Gasteiger partial charge in [-0.15, -0.1) is 11.3 Å². The summed E-state index contributed by atoms with van der Waals surface area (Å²) in [6.07, 6.45) is 0. The molecule has 0 spiro atoms. The highest BCUT2D eigenvalue weighted by Gasteiger charge is 2.23. The summed E-state index contributed by atoms with van der Waals surface area (Å²) >= 11 is 1.72. The maximum atomic E-state index is 5.81. The zero-order valence-corrected chi connectivity index (χ0v) is 17.9. The molecule has 1 fully saturated rings. The highest BCUT2D eigenvalue weighted by atomic mass is 32.1. The lowest BCUT2D eigenvalue weighted by atomic mass is 10.2. The molecule has 2 aromatic carbocycles. The maximum absolute atomic E-state index is 5.81. The quantitative estimate of drug-likeness (QED) is 0.650. The number of benzene rings is 2. The second-order valence-corrected chi connectivity index (χ2v) is 8.05. The van der Waals surface area contributed by atoms with Crippen molar-refractivity contribution in [2.24, 2.45) is 0 Å². The Morgan fingerprint density at radius 3 is 2.55 bits per heavy atom. The van der Waals surface area contributed by atoms with Crippen LogP contribution in [0.3, 0.4) is 0 Å². The fraction of sp³-hybridized carbons (Fsp3) is 0.348. The third kappa shape index (κ3) is 4.71. The van der Waals surface area contributed by atoms with Crippen molar-refractivity contribution in [3.63, 3.8) is 0 Å². The number of hydrogen-bond donors (Lipinski definition) is 1. The second-order valence-electron chi connectivity index (χ2n) is 7.19. The summed E-state index contributed by atoms with van der Waals surface area (Å²) in [7, 11) is 1.69. The summed E-state index contributed by atoms with van der Waals surface area (Å²) in [5.74, 6) is 1.86. The van der Waals surface area contributed by atoms with E-state index in [1.165, 1.54) is 11.4 Å². The average molecular weight is 411 g/mol. The molecule has 1 saturated heterocycles. The van der Waals surface area contributed by atoms with Gasteiger partial charge in [0.25, 0.3) is 0 Å². The molecule has 0 unspecified atom stereocenters. The van der Waals surface area contributed by atoms with Crippen LogP contribution in [0.4, 0.5) is 5.69 Å². The van der Waals surface area contributed by atoms with Crippen molar-refractivity contribution in [1.82, 2.24) is 4.98 Å². The van der Waals surface area contributed by atoms with Crippen molar-refractivity contribution in [2.75, 3.05) is 44.8 Å². The van der Waals surface area contributed by atoms with E-state index in [1.807, 2.05) is 25.1 Å². The Labute approximate surface area is 176 Å². The highest BCUT2D eigenvalue weighted by molar-refractivity contribution is 7.13. The van der Waals surface area contributed by atoms with E-state index in [1.54, 1.807) is 23.3 Å². The van der Waals surface area contributed by atoms with Gasteiger partial charge in [0.05, 0.1) is 45.6 Å². The van der Waals surface area contributed by atoms with E-state index in [0.29, 0.717) is 6.61 Å². The monoisotopic (exact) mass is 410 g/mol. The standard InChI is InChI=1S/C23H27N3O2S/c1-3-28-22-7-5-4-6-21(22)26-14-12-25(13-15-26)16-19-17-29-23(24-19)18-8-10-20(27-2)11-9-18/h4-11,17H,3,12-16H2,1-2H3/p+1. The number of ether oxygens (including phenoxy) is 2. The Balaban J connectivity index is 1.35. The molecule has 0 radical (unpaired) electrons. The molecule has 0 aliphatic carbocycles. The zero-order chi connectivity index (χ0) is 20.1. The van der Waals surface area contributed by atoms with Crippen LogP contribution >= 0.6 is 11.3 Å². The number of nitrogens with zero attached hydrogens (tertiary/aromatic N) is 2. The predicted octanol–water partition coefficient (Wildman–Crippen LogP) is 3.12. The molecular formula is C23H28N3O2S+. The molecule has 1 N–H and O–H groups in total. The van der Waals surface area contributed by atoms with Crippen molar-refractivity contribution in [2.45, 2.75) is 13.5 Å². The normalized spacial score (nSPS) is 14.8. The first-order valence-electron chi connectivity index (χ1n) is 10.2. The minimum atomic E-state index is 0.697. The van der Waals surface area contributed by atoms with Gasteiger partial charge >= 0.3 is 0 Å². The fourth-order valence-corrected chi connectivity index (χ4v) is 4.57. The Hall–Kier alpha value is -2.57. The number of quaternary nitrogens is 1. The number of anilines is 1. The molecule has 4 rings (SSSR count). The molecule has 3 aromatic rings. The van der Waals surface area contributed by atoms with E-state index in [0.717, 1.165) is 54.8 Å².